The number of nitro benzene ring substituents is 1. The van der Waals surface area contributed by atoms with Crippen molar-refractivity contribution in [1.82, 2.24) is 0 Å². The summed E-state index contributed by atoms with van der Waals surface area (Å²) in [6.07, 6.45) is 0. The summed E-state index contributed by atoms with van der Waals surface area (Å²) >= 11 is 0. The van der Waals surface area contributed by atoms with Crippen LogP contribution >= 0.6 is 0 Å². The largest absolute Gasteiger partial charge is 0.598 e. The van der Waals surface area contributed by atoms with E-state index in [9.17, 15) is 15.3 Å². The molecule has 7 heteroatoms. The zero-order valence-corrected chi connectivity index (χ0v) is 10.4. The molecule has 0 saturated heterocycles. The number of benzene rings is 2. The number of hydrogen-bond donors (Lipinski definition) is 0. The van der Waals surface area contributed by atoms with Crippen LogP contribution in [0.25, 0.3) is 10.8 Å². The van der Waals surface area contributed by atoms with Crippen molar-refractivity contribution in [2.24, 2.45) is 5.28 Å². The van der Waals surface area contributed by atoms with Crippen LogP contribution < -0.4 is 4.84 Å². The molecule has 0 aliphatic carbocycles. The van der Waals surface area contributed by atoms with Crippen molar-refractivity contribution in [1.29, 1.82) is 0 Å². The van der Waals surface area contributed by atoms with E-state index >= 15 is 0 Å². The van der Waals surface area contributed by atoms with Crippen molar-refractivity contribution < 1.29 is 14.6 Å². The van der Waals surface area contributed by atoms with Gasteiger partial charge in [-0.2, -0.15) is 0 Å². The van der Waals surface area contributed by atoms with Gasteiger partial charge in [-0.1, -0.05) is 23.1 Å². The van der Waals surface area contributed by atoms with Crippen LogP contribution in [0.1, 0.15) is 5.56 Å². The average molecular weight is 261 g/mol. The van der Waals surface area contributed by atoms with E-state index < -0.39 is 4.92 Å². The Kier molecular flexibility index (Phi) is 3.28. The zero-order valence-electron chi connectivity index (χ0n) is 10.4. The molecular formula is C12H11N3O4. The summed E-state index contributed by atoms with van der Waals surface area (Å²) in [6.45, 7) is 1.61. The number of nitro groups is 1. The maximum atomic E-state index is 11.1. The van der Waals surface area contributed by atoms with Gasteiger partial charge in [0, 0.05) is 10.9 Å². The van der Waals surface area contributed by atoms with Gasteiger partial charge in [-0.15, -0.1) is 0 Å². The van der Waals surface area contributed by atoms with Crippen LogP contribution in [0.5, 0.6) is 5.75 Å². The Morgan fingerprint density at radius 1 is 1.21 bits per heavy atom. The molecule has 0 aromatic heterocycles. The molecule has 0 radical (unpaired) electrons. The molecule has 0 fully saturated rings. The molecule has 98 valence electrons. The minimum atomic E-state index is -0.432. The predicted molar refractivity (Wildman–Crippen MR) is 67.9 cm³/mol. The Morgan fingerprint density at radius 3 is 2.42 bits per heavy atom. The summed E-state index contributed by atoms with van der Waals surface area (Å²) in [7, 11) is 1.18. The minimum absolute atomic E-state index is 0.0263. The fourth-order valence-corrected chi connectivity index (χ4v) is 1.88. The summed E-state index contributed by atoms with van der Waals surface area (Å²) in [5, 5.41) is 26.1. The van der Waals surface area contributed by atoms with Crippen LogP contribution in [-0.4, -0.2) is 16.8 Å². The van der Waals surface area contributed by atoms with Crippen LogP contribution in [0.4, 0.5) is 5.69 Å². The highest BCUT2D eigenvalue weighted by Gasteiger charge is 2.19. The van der Waals surface area contributed by atoms with Gasteiger partial charge in [-0.3, -0.25) is 10.1 Å². The van der Waals surface area contributed by atoms with Gasteiger partial charge in [0.1, 0.15) is 0 Å². The molecule has 0 aliphatic rings. The Morgan fingerprint density at radius 2 is 1.84 bits per heavy atom. The number of fused-ring (bicyclic) bond motifs is 1. The first-order chi connectivity index (χ1) is 9.00. The van der Waals surface area contributed by atoms with Crippen molar-refractivity contribution >= 4 is 16.5 Å². The second-order valence-electron chi connectivity index (χ2n) is 3.98. The highest BCUT2D eigenvalue weighted by Crippen LogP contribution is 2.36. The maximum absolute atomic E-state index is 11.1. The highest BCUT2D eigenvalue weighted by molar-refractivity contribution is 5.96. The lowest BCUT2D eigenvalue weighted by Crippen LogP contribution is -1.98. The molecule has 0 aliphatic heterocycles. The van der Waals surface area contributed by atoms with E-state index in [1.54, 1.807) is 31.2 Å². The molecular weight excluding hydrogens is 250 g/mol. The number of hydrogen-bond acceptors (Lipinski definition) is 5. The first-order valence-electron chi connectivity index (χ1n) is 5.46. The van der Waals surface area contributed by atoms with E-state index in [-0.39, 0.29) is 10.5 Å². The predicted octanol–water partition coefficient (Wildman–Crippen LogP) is 2.94. The van der Waals surface area contributed by atoms with Crippen LogP contribution in [-0.2, 0) is 0 Å². The SMILES string of the molecule is Cc1cc(ON=[N+](C)[O-])c2ccccc2c1[N+](=O)[O-]. The Labute approximate surface area is 108 Å². The quantitative estimate of drug-likeness (QED) is 0.367. The Bertz CT molecular complexity index is 678. The van der Waals surface area contributed by atoms with Crippen molar-refractivity contribution in [2.75, 3.05) is 7.05 Å². The molecule has 0 amide bonds. The highest BCUT2D eigenvalue weighted by atomic mass is 16.7. The molecule has 0 saturated carbocycles. The molecule has 0 heterocycles. The molecule has 7 nitrogen and oxygen atoms in total. The standard InChI is InChI=1S/C12H11N3O4/c1-8-7-11(19-13-14(2)16)9-5-3-4-6-10(9)12(8)15(17)18/h3-7H,1-2H3. The molecule has 2 aromatic rings. The lowest BCUT2D eigenvalue weighted by molar-refractivity contribution is -0.522. The summed E-state index contributed by atoms with van der Waals surface area (Å²) in [5.41, 5.74) is 0.473. The number of nitrogens with zero attached hydrogens (tertiary/aromatic N) is 3. The van der Waals surface area contributed by atoms with Gasteiger partial charge in [0.25, 0.3) is 5.69 Å². The summed E-state index contributed by atoms with van der Waals surface area (Å²) in [6, 6.07) is 8.24. The van der Waals surface area contributed by atoms with E-state index in [0.717, 1.165) is 0 Å². The van der Waals surface area contributed by atoms with Crippen molar-refractivity contribution in [3.05, 3.63) is 51.2 Å². The summed E-state index contributed by atoms with van der Waals surface area (Å²) < 4.78 is 0. The van der Waals surface area contributed by atoms with Gasteiger partial charge in [-0.05, 0) is 19.1 Å². The minimum Gasteiger partial charge on any atom is -0.598 e. The van der Waals surface area contributed by atoms with Gasteiger partial charge in [0.15, 0.2) is 12.8 Å². The van der Waals surface area contributed by atoms with E-state index in [1.165, 1.54) is 13.1 Å². The fourth-order valence-electron chi connectivity index (χ4n) is 1.88. The molecule has 19 heavy (non-hydrogen) atoms. The van der Waals surface area contributed by atoms with Crippen molar-refractivity contribution in [3.8, 4) is 5.75 Å². The van der Waals surface area contributed by atoms with E-state index in [0.29, 0.717) is 22.1 Å². The lowest BCUT2D eigenvalue weighted by atomic mass is 10.0. The van der Waals surface area contributed by atoms with Gasteiger partial charge in [0.05, 0.1) is 10.3 Å². The monoisotopic (exact) mass is 261 g/mol. The lowest BCUT2D eigenvalue weighted by Gasteiger charge is -2.06. The van der Waals surface area contributed by atoms with E-state index in [2.05, 4.69) is 5.28 Å². The van der Waals surface area contributed by atoms with Crippen LogP contribution in [0.15, 0.2) is 35.6 Å². The van der Waals surface area contributed by atoms with Gasteiger partial charge >= 0.3 is 0 Å². The second-order valence-corrected chi connectivity index (χ2v) is 3.98. The summed E-state index contributed by atoms with van der Waals surface area (Å²) in [4.78, 5) is 15.9. The van der Waals surface area contributed by atoms with E-state index in [4.69, 9.17) is 4.84 Å². The maximum Gasteiger partial charge on any atom is 0.280 e. The third-order valence-corrected chi connectivity index (χ3v) is 2.61. The fraction of sp³-hybridized carbons (Fsp3) is 0.167. The number of hydroxylamine groups is 1. The first-order valence-corrected chi connectivity index (χ1v) is 5.46. The van der Waals surface area contributed by atoms with Crippen molar-refractivity contribution in [3.63, 3.8) is 0 Å². The number of aryl methyl sites for hydroxylation is 1. The molecule has 2 aromatic carbocycles. The topological polar surface area (TPSA) is 90.8 Å². The van der Waals surface area contributed by atoms with Crippen LogP contribution in [0.2, 0.25) is 0 Å². The van der Waals surface area contributed by atoms with E-state index in [1.807, 2.05) is 0 Å². The molecule has 0 N–H and O–H groups in total. The molecule has 0 unspecified atom stereocenters. The van der Waals surface area contributed by atoms with Crippen LogP contribution in [0.3, 0.4) is 0 Å². The third-order valence-electron chi connectivity index (χ3n) is 2.61. The molecule has 0 spiro atoms. The smallest absolute Gasteiger partial charge is 0.280 e. The normalized spacial score (nSPS) is 11.6. The van der Waals surface area contributed by atoms with Gasteiger partial charge < -0.3 is 10.0 Å². The first kappa shape index (κ1) is 12.7. The zero-order chi connectivity index (χ0) is 14.0. The van der Waals surface area contributed by atoms with Gasteiger partial charge in [-0.25, -0.2) is 0 Å². The summed E-state index contributed by atoms with van der Waals surface area (Å²) in [5.74, 6) is 0.307. The molecule has 0 bridgehead atoms. The van der Waals surface area contributed by atoms with Crippen molar-refractivity contribution in [2.45, 2.75) is 6.92 Å². The Balaban J connectivity index is 2.71. The van der Waals surface area contributed by atoms with Gasteiger partial charge in [0.2, 0.25) is 5.28 Å². The third kappa shape index (κ3) is 2.44. The Hall–Kier alpha value is -2.70. The second kappa shape index (κ2) is 4.89. The number of rotatable bonds is 3. The molecule has 2 rings (SSSR count). The molecule has 0 atom stereocenters. The average Bonchev–Trinajstić information content (AvgIpc) is 2.35. The van der Waals surface area contributed by atoms with Crippen LogP contribution in [0, 0.1) is 22.2 Å².